The molecule has 0 atom stereocenters. The van der Waals surface area contributed by atoms with Gasteiger partial charge >= 0.3 is 0 Å². The Hall–Kier alpha value is -1.40. The van der Waals surface area contributed by atoms with Crippen molar-refractivity contribution >= 4 is 11.6 Å². The Labute approximate surface area is 113 Å². The summed E-state index contributed by atoms with van der Waals surface area (Å²) in [6.07, 6.45) is 2.21. The van der Waals surface area contributed by atoms with Gasteiger partial charge in [0.2, 0.25) is 0 Å². The highest BCUT2D eigenvalue weighted by Gasteiger charge is 2.13. The van der Waals surface area contributed by atoms with E-state index in [1.165, 1.54) is 0 Å². The molecule has 0 unspecified atom stereocenters. The Bertz CT molecular complexity index is 394. The van der Waals surface area contributed by atoms with Gasteiger partial charge in [0.05, 0.1) is 6.61 Å². The van der Waals surface area contributed by atoms with Crippen molar-refractivity contribution in [3.05, 3.63) is 11.9 Å². The number of aryl methyl sites for hydroxylation is 1. The molecule has 1 aliphatic heterocycles. The van der Waals surface area contributed by atoms with Crippen LogP contribution < -0.4 is 10.6 Å². The molecule has 0 radical (unpaired) electrons. The fourth-order valence-electron chi connectivity index (χ4n) is 2.13. The van der Waals surface area contributed by atoms with E-state index in [-0.39, 0.29) is 6.61 Å². The summed E-state index contributed by atoms with van der Waals surface area (Å²) in [6.45, 7) is 5.09. The van der Waals surface area contributed by atoms with E-state index in [2.05, 4.69) is 20.6 Å². The van der Waals surface area contributed by atoms with Gasteiger partial charge in [-0.1, -0.05) is 0 Å². The van der Waals surface area contributed by atoms with Crippen molar-refractivity contribution in [2.24, 2.45) is 5.92 Å². The van der Waals surface area contributed by atoms with Gasteiger partial charge in [-0.3, -0.25) is 0 Å². The smallest absolute Gasteiger partial charge is 0.131 e. The summed E-state index contributed by atoms with van der Waals surface area (Å²) in [5.74, 6) is 2.95. The summed E-state index contributed by atoms with van der Waals surface area (Å²) in [4.78, 5) is 8.64. The van der Waals surface area contributed by atoms with E-state index >= 15 is 0 Å². The van der Waals surface area contributed by atoms with E-state index in [4.69, 9.17) is 9.84 Å². The lowest BCUT2D eigenvalue weighted by atomic mass is 10.0. The van der Waals surface area contributed by atoms with Crippen LogP contribution >= 0.6 is 0 Å². The third-order valence-electron chi connectivity index (χ3n) is 3.17. The number of ether oxygens (including phenoxy) is 1. The molecule has 3 N–H and O–H groups in total. The van der Waals surface area contributed by atoms with E-state index in [0.29, 0.717) is 12.5 Å². The summed E-state index contributed by atoms with van der Waals surface area (Å²) in [5, 5.41) is 15.2. The van der Waals surface area contributed by atoms with Crippen LogP contribution in [0.1, 0.15) is 18.7 Å². The molecule has 6 heteroatoms. The first-order valence-electron chi connectivity index (χ1n) is 6.80. The number of aliphatic hydroxyl groups is 1. The maximum absolute atomic E-state index is 8.81. The second kappa shape index (κ2) is 7.25. The molecule has 0 amide bonds. The number of hydrogen-bond acceptors (Lipinski definition) is 6. The Kier molecular flexibility index (Phi) is 5.35. The third-order valence-corrected chi connectivity index (χ3v) is 3.17. The highest BCUT2D eigenvalue weighted by Crippen LogP contribution is 2.16. The average Bonchev–Trinajstić information content (AvgIpc) is 2.43. The first-order valence-corrected chi connectivity index (χ1v) is 6.80. The molecule has 0 bridgehead atoms. The van der Waals surface area contributed by atoms with Crippen LogP contribution in [0.15, 0.2) is 6.07 Å². The number of hydrogen-bond donors (Lipinski definition) is 3. The molecule has 0 saturated carbocycles. The fraction of sp³-hybridized carbons (Fsp3) is 0.692. The van der Waals surface area contributed by atoms with E-state index in [1.54, 1.807) is 0 Å². The Morgan fingerprint density at radius 3 is 2.63 bits per heavy atom. The molecule has 0 aliphatic carbocycles. The van der Waals surface area contributed by atoms with Gasteiger partial charge in [0, 0.05) is 32.4 Å². The van der Waals surface area contributed by atoms with Crippen LogP contribution in [0.2, 0.25) is 0 Å². The van der Waals surface area contributed by atoms with Crippen LogP contribution in [0.4, 0.5) is 11.6 Å². The molecule has 106 valence electrons. The van der Waals surface area contributed by atoms with Crippen molar-refractivity contribution in [2.75, 3.05) is 43.5 Å². The molecule has 1 fully saturated rings. The molecule has 1 saturated heterocycles. The van der Waals surface area contributed by atoms with Crippen molar-refractivity contribution in [3.63, 3.8) is 0 Å². The van der Waals surface area contributed by atoms with Gasteiger partial charge in [-0.25, -0.2) is 9.97 Å². The molecular weight excluding hydrogens is 244 g/mol. The zero-order chi connectivity index (χ0) is 13.5. The molecule has 1 aliphatic rings. The lowest BCUT2D eigenvalue weighted by Crippen LogP contribution is -2.23. The van der Waals surface area contributed by atoms with Crippen molar-refractivity contribution < 1.29 is 9.84 Å². The van der Waals surface area contributed by atoms with E-state index in [1.807, 2.05) is 13.0 Å². The predicted molar refractivity (Wildman–Crippen MR) is 74.4 cm³/mol. The lowest BCUT2D eigenvalue weighted by molar-refractivity contribution is 0.0699. The predicted octanol–water partition coefficient (Wildman–Crippen LogP) is 1.03. The normalized spacial score (nSPS) is 16.3. The van der Waals surface area contributed by atoms with Crippen LogP contribution in [0, 0.1) is 12.8 Å². The number of nitrogens with one attached hydrogen (secondary N) is 2. The van der Waals surface area contributed by atoms with E-state index in [9.17, 15) is 0 Å². The zero-order valence-corrected chi connectivity index (χ0v) is 11.4. The first kappa shape index (κ1) is 14.0. The molecule has 0 spiro atoms. The number of nitrogens with zero attached hydrogens (tertiary/aromatic N) is 2. The third kappa shape index (κ3) is 4.65. The van der Waals surface area contributed by atoms with Crippen LogP contribution in [0.25, 0.3) is 0 Å². The molecule has 0 aromatic carbocycles. The monoisotopic (exact) mass is 266 g/mol. The van der Waals surface area contributed by atoms with Gasteiger partial charge in [-0.15, -0.1) is 0 Å². The zero-order valence-electron chi connectivity index (χ0n) is 11.4. The maximum Gasteiger partial charge on any atom is 0.131 e. The largest absolute Gasteiger partial charge is 0.395 e. The molecule has 19 heavy (non-hydrogen) atoms. The number of anilines is 2. The summed E-state index contributed by atoms with van der Waals surface area (Å²) in [6, 6.07) is 1.88. The average molecular weight is 266 g/mol. The van der Waals surface area contributed by atoms with Gasteiger partial charge in [-0.05, 0) is 25.7 Å². The molecule has 1 aromatic heterocycles. The number of rotatable bonds is 6. The van der Waals surface area contributed by atoms with Gasteiger partial charge in [0.1, 0.15) is 17.5 Å². The topological polar surface area (TPSA) is 79.3 Å². The van der Waals surface area contributed by atoms with Crippen LogP contribution in [0.3, 0.4) is 0 Å². The van der Waals surface area contributed by atoms with Crippen molar-refractivity contribution in [1.82, 2.24) is 9.97 Å². The highest BCUT2D eigenvalue weighted by molar-refractivity contribution is 5.47. The second-order valence-corrected chi connectivity index (χ2v) is 4.77. The van der Waals surface area contributed by atoms with Crippen molar-refractivity contribution in [3.8, 4) is 0 Å². The van der Waals surface area contributed by atoms with Crippen molar-refractivity contribution in [2.45, 2.75) is 19.8 Å². The first-order chi connectivity index (χ1) is 9.28. The Morgan fingerprint density at radius 2 is 1.95 bits per heavy atom. The maximum atomic E-state index is 8.81. The minimum absolute atomic E-state index is 0.0912. The van der Waals surface area contributed by atoms with Gasteiger partial charge in [-0.2, -0.15) is 0 Å². The van der Waals surface area contributed by atoms with Gasteiger partial charge < -0.3 is 20.5 Å². The van der Waals surface area contributed by atoms with Crippen molar-refractivity contribution in [1.29, 1.82) is 0 Å². The minimum Gasteiger partial charge on any atom is -0.395 e. The molecule has 2 heterocycles. The van der Waals surface area contributed by atoms with Crippen LogP contribution in [0.5, 0.6) is 0 Å². The molecular formula is C13H22N4O2. The Morgan fingerprint density at radius 1 is 1.26 bits per heavy atom. The molecule has 6 nitrogen and oxygen atoms in total. The van der Waals surface area contributed by atoms with E-state index < -0.39 is 0 Å². The second-order valence-electron chi connectivity index (χ2n) is 4.77. The molecule has 1 aromatic rings. The Balaban J connectivity index is 1.89. The number of aliphatic hydroxyl groups excluding tert-OH is 1. The quantitative estimate of drug-likeness (QED) is 0.713. The van der Waals surface area contributed by atoms with Crippen LogP contribution in [-0.2, 0) is 4.74 Å². The van der Waals surface area contributed by atoms with E-state index in [0.717, 1.165) is 50.1 Å². The summed E-state index contributed by atoms with van der Waals surface area (Å²) >= 11 is 0. The van der Waals surface area contributed by atoms with Gasteiger partial charge in [0.25, 0.3) is 0 Å². The SMILES string of the molecule is Cc1nc(NCCO)cc(NCC2CCOCC2)n1. The summed E-state index contributed by atoms with van der Waals surface area (Å²) < 4.78 is 5.35. The minimum atomic E-state index is 0.0912. The summed E-state index contributed by atoms with van der Waals surface area (Å²) in [5.41, 5.74) is 0. The lowest BCUT2D eigenvalue weighted by Gasteiger charge is -2.22. The number of aromatic nitrogens is 2. The van der Waals surface area contributed by atoms with Gasteiger partial charge in [0.15, 0.2) is 0 Å². The highest BCUT2D eigenvalue weighted by atomic mass is 16.5. The molecule has 2 rings (SSSR count). The standard InChI is InChI=1S/C13H22N4O2/c1-10-16-12(14-4-5-18)8-13(17-10)15-9-11-2-6-19-7-3-11/h8,11,18H,2-7,9H2,1H3,(H2,14,15,16,17). The fourth-order valence-corrected chi connectivity index (χ4v) is 2.13. The van der Waals surface area contributed by atoms with Crippen LogP contribution in [-0.4, -0.2) is 48.0 Å². The summed E-state index contributed by atoms with van der Waals surface area (Å²) in [7, 11) is 0.